The van der Waals surface area contributed by atoms with E-state index in [0.717, 1.165) is 19.4 Å². The first-order valence-corrected chi connectivity index (χ1v) is 8.73. The third kappa shape index (κ3) is 3.66. The lowest BCUT2D eigenvalue weighted by molar-refractivity contribution is 0.225. The van der Waals surface area contributed by atoms with Gasteiger partial charge in [0.2, 0.25) is 10.0 Å². The Morgan fingerprint density at radius 1 is 1.38 bits per heavy atom. The number of hydrogen-bond acceptors (Lipinski definition) is 5. The topological polar surface area (TPSA) is 79.8 Å². The summed E-state index contributed by atoms with van der Waals surface area (Å²) in [6.45, 7) is 4.04. The lowest BCUT2D eigenvalue weighted by Crippen LogP contribution is -2.40. The summed E-state index contributed by atoms with van der Waals surface area (Å²) in [5.41, 5.74) is 5.51. The van der Waals surface area contributed by atoms with E-state index in [1.54, 1.807) is 17.3 Å². The van der Waals surface area contributed by atoms with Crippen LogP contribution in [0.4, 0.5) is 0 Å². The van der Waals surface area contributed by atoms with Gasteiger partial charge in [0.15, 0.2) is 0 Å². The molecule has 1 fully saturated rings. The number of nitrogens with two attached hydrogens (primary N) is 1. The Balaban J connectivity index is 2.09. The number of hydrogen-bond donors (Lipinski definition) is 1. The maximum absolute atomic E-state index is 12.7. The van der Waals surface area contributed by atoms with Gasteiger partial charge in [-0.2, -0.15) is 4.31 Å². The summed E-state index contributed by atoms with van der Waals surface area (Å²) in [7, 11) is 0.632. The summed E-state index contributed by atoms with van der Waals surface area (Å²) in [5.74, 6) is 1.50. The van der Waals surface area contributed by atoms with E-state index in [-0.39, 0.29) is 11.4 Å². The van der Waals surface area contributed by atoms with Gasteiger partial charge in [-0.15, -0.1) is 0 Å². The monoisotopic (exact) mass is 315 g/mol. The van der Waals surface area contributed by atoms with Crippen LogP contribution in [-0.2, 0) is 16.6 Å². The molecule has 21 heavy (non-hydrogen) atoms. The van der Waals surface area contributed by atoms with Crippen LogP contribution < -0.4 is 5.73 Å². The fourth-order valence-electron chi connectivity index (χ4n) is 2.87. The molecule has 0 saturated carbocycles. The van der Waals surface area contributed by atoms with Crippen molar-refractivity contribution >= 4 is 10.0 Å². The highest BCUT2D eigenvalue weighted by molar-refractivity contribution is 7.89. The van der Waals surface area contributed by atoms with E-state index in [4.69, 9.17) is 10.2 Å². The second kappa shape index (κ2) is 6.48. The Morgan fingerprint density at radius 2 is 2.00 bits per heavy atom. The lowest BCUT2D eigenvalue weighted by Gasteiger charge is -2.32. The summed E-state index contributed by atoms with van der Waals surface area (Å²) in [5, 5.41) is 0. The van der Waals surface area contributed by atoms with Crippen LogP contribution in [0.2, 0.25) is 0 Å². The summed E-state index contributed by atoms with van der Waals surface area (Å²) in [6.07, 6.45) is 1.80. The van der Waals surface area contributed by atoms with Crippen molar-refractivity contribution in [2.75, 3.05) is 33.7 Å². The zero-order valence-corrected chi connectivity index (χ0v) is 13.8. The number of piperidine rings is 1. The molecule has 0 radical (unpaired) electrons. The van der Waals surface area contributed by atoms with Gasteiger partial charge in [-0.3, -0.25) is 0 Å². The molecule has 120 valence electrons. The first-order valence-electron chi connectivity index (χ1n) is 7.29. The Hall–Kier alpha value is -0.890. The van der Waals surface area contributed by atoms with E-state index in [1.807, 2.05) is 14.1 Å². The van der Waals surface area contributed by atoms with Crippen molar-refractivity contribution in [2.24, 2.45) is 11.7 Å². The second-order valence-corrected chi connectivity index (χ2v) is 7.85. The number of furan rings is 1. The lowest BCUT2D eigenvalue weighted by atomic mass is 9.98. The summed E-state index contributed by atoms with van der Waals surface area (Å²) in [6, 6.07) is 1.55. The molecule has 7 heteroatoms. The smallest absolute Gasteiger partial charge is 0.246 e. The molecule has 2 heterocycles. The van der Waals surface area contributed by atoms with Crippen molar-refractivity contribution in [1.82, 2.24) is 9.21 Å². The highest BCUT2D eigenvalue weighted by Crippen LogP contribution is 2.27. The summed E-state index contributed by atoms with van der Waals surface area (Å²) in [4.78, 5) is 2.41. The van der Waals surface area contributed by atoms with E-state index in [1.165, 1.54) is 0 Å². The molecule has 1 aromatic heterocycles. The van der Waals surface area contributed by atoms with Crippen LogP contribution in [0.1, 0.15) is 24.4 Å². The summed E-state index contributed by atoms with van der Waals surface area (Å²) >= 11 is 0. The minimum atomic E-state index is -3.46. The molecule has 0 bridgehead atoms. The molecule has 1 aliphatic heterocycles. The van der Waals surface area contributed by atoms with Crippen molar-refractivity contribution in [2.45, 2.75) is 31.2 Å². The van der Waals surface area contributed by atoms with Gasteiger partial charge in [0.25, 0.3) is 0 Å². The van der Waals surface area contributed by atoms with Crippen LogP contribution in [-0.4, -0.2) is 51.4 Å². The van der Waals surface area contributed by atoms with Crippen molar-refractivity contribution in [3.05, 3.63) is 17.6 Å². The third-order valence-electron chi connectivity index (χ3n) is 3.94. The third-order valence-corrected chi connectivity index (χ3v) is 5.95. The highest BCUT2D eigenvalue weighted by Gasteiger charge is 2.32. The van der Waals surface area contributed by atoms with Crippen LogP contribution in [0.3, 0.4) is 0 Å². The minimum absolute atomic E-state index is 0.210. The average molecular weight is 315 g/mol. The molecule has 1 aromatic rings. The molecular formula is C14H25N3O3S. The maximum atomic E-state index is 12.7. The van der Waals surface area contributed by atoms with Gasteiger partial charge in [-0.25, -0.2) is 8.42 Å². The molecular weight excluding hydrogens is 290 g/mol. The number of nitrogens with zero attached hydrogens (tertiary/aromatic N) is 2. The van der Waals surface area contributed by atoms with Crippen LogP contribution >= 0.6 is 0 Å². The van der Waals surface area contributed by atoms with Gasteiger partial charge in [0, 0.05) is 25.7 Å². The molecule has 6 nitrogen and oxygen atoms in total. The Bertz CT molecular complexity index is 572. The van der Waals surface area contributed by atoms with Crippen molar-refractivity contribution in [3.8, 4) is 0 Å². The normalized spacial score (nSPS) is 18.5. The first-order chi connectivity index (χ1) is 9.84. The minimum Gasteiger partial charge on any atom is -0.464 e. The van der Waals surface area contributed by atoms with Gasteiger partial charge < -0.3 is 15.1 Å². The fraction of sp³-hybridized carbons (Fsp3) is 0.714. The molecule has 2 rings (SSSR count). The molecule has 2 N–H and O–H groups in total. The van der Waals surface area contributed by atoms with E-state index in [0.29, 0.717) is 30.5 Å². The number of aryl methyl sites for hydroxylation is 1. The van der Waals surface area contributed by atoms with Gasteiger partial charge in [0.1, 0.15) is 16.4 Å². The van der Waals surface area contributed by atoms with Crippen LogP contribution in [0.25, 0.3) is 0 Å². The maximum Gasteiger partial charge on any atom is 0.246 e. The molecule has 0 aromatic carbocycles. The van der Waals surface area contributed by atoms with Crippen LogP contribution in [0, 0.1) is 12.8 Å². The van der Waals surface area contributed by atoms with E-state index in [9.17, 15) is 8.42 Å². The molecule has 1 saturated heterocycles. The van der Waals surface area contributed by atoms with Gasteiger partial charge in [-0.05, 0) is 39.8 Å². The second-order valence-electron chi connectivity index (χ2n) is 5.95. The molecule has 0 unspecified atom stereocenters. The molecule has 0 aliphatic carbocycles. The Labute approximate surface area is 126 Å². The van der Waals surface area contributed by atoms with Gasteiger partial charge in [0.05, 0.1) is 6.54 Å². The first kappa shape index (κ1) is 16.5. The highest BCUT2D eigenvalue weighted by atomic mass is 32.2. The zero-order valence-electron chi connectivity index (χ0n) is 13.0. The standard InChI is InChI=1S/C14H25N3O3S/c1-11-14(8-13(9-15)20-11)21(18,19)17-6-4-12(5-7-17)10-16(2)3/h8,12H,4-7,9-10,15H2,1-3H3. The van der Waals surface area contributed by atoms with E-state index < -0.39 is 10.0 Å². The predicted molar refractivity (Wildman–Crippen MR) is 81.4 cm³/mol. The zero-order chi connectivity index (χ0) is 15.6. The molecule has 0 atom stereocenters. The SMILES string of the molecule is Cc1oc(CN)cc1S(=O)(=O)N1CCC(CN(C)C)CC1. The van der Waals surface area contributed by atoms with Crippen molar-refractivity contribution in [1.29, 1.82) is 0 Å². The van der Waals surface area contributed by atoms with Gasteiger partial charge in [-0.1, -0.05) is 0 Å². The summed E-state index contributed by atoms with van der Waals surface area (Å²) < 4.78 is 32.3. The predicted octanol–water partition coefficient (Wildman–Crippen LogP) is 1.01. The molecule has 0 amide bonds. The fourth-order valence-corrected chi connectivity index (χ4v) is 4.52. The van der Waals surface area contributed by atoms with E-state index >= 15 is 0 Å². The van der Waals surface area contributed by atoms with Gasteiger partial charge >= 0.3 is 0 Å². The van der Waals surface area contributed by atoms with Crippen molar-refractivity contribution in [3.63, 3.8) is 0 Å². The Kier molecular flexibility index (Phi) is 5.08. The Morgan fingerprint density at radius 3 is 2.48 bits per heavy atom. The van der Waals surface area contributed by atoms with Crippen LogP contribution in [0.15, 0.2) is 15.4 Å². The quantitative estimate of drug-likeness (QED) is 0.877. The van der Waals surface area contributed by atoms with Crippen molar-refractivity contribution < 1.29 is 12.8 Å². The number of rotatable bonds is 5. The number of sulfonamides is 1. The molecule has 1 aliphatic rings. The molecule has 0 spiro atoms. The van der Waals surface area contributed by atoms with E-state index in [2.05, 4.69) is 4.90 Å². The average Bonchev–Trinajstić information content (AvgIpc) is 2.81. The largest absolute Gasteiger partial charge is 0.464 e. The van der Waals surface area contributed by atoms with Crippen LogP contribution in [0.5, 0.6) is 0 Å².